The molecule has 0 amide bonds. The van der Waals surface area contributed by atoms with E-state index in [1.807, 2.05) is 0 Å². The van der Waals surface area contributed by atoms with Crippen molar-refractivity contribution in [1.82, 2.24) is 10.2 Å². The highest BCUT2D eigenvalue weighted by atomic mass is 32.2. The third kappa shape index (κ3) is 5.66. The number of nitrogens with zero attached hydrogens (tertiary/aromatic N) is 2. The summed E-state index contributed by atoms with van der Waals surface area (Å²) in [6, 6.07) is 0.383. The van der Waals surface area contributed by atoms with Crippen LogP contribution in [0.25, 0.3) is 0 Å². The van der Waals surface area contributed by atoms with Gasteiger partial charge in [0.25, 0.3) is 0 Å². The molecular formula is C17H33N3O2S. The maximum Gasteiger partial charge on any atom is 0.194 e. The van der Waals surface area contributed by atoms with Gasteiger partial charge in [0.05, 0.1) is 11.5 Å². The molecule has 1 N–H and O–H groups in total. The Bertz CT molecular complexity index is 508. The van der Waals surface area contributed by atoms with E-state index >= 15 is 0 Å². The van der Waals surface area contributed by atoms with E-state index in [0.29, 0.717) is 35.9 Å². The molecule has 2 rings (SSSR count). The highest BCUT2D eigenvalue weighted by Crippen LogP contribution is 2.22. The molecule has 134 valence electrons. The summed E-state index contributed by atoms with van der Waals surface area (Å²) in [5.41, 5.74) is 0. The molecule has 0 saturated carbocycles. The van der Waals surface area contributed by atoms with Crippen molar-refractivity contribution >= 4 is 15.8 Å². The van der Waals surface area contributed by atoms with Crippen molar-refractivity contribution in [3.8, 4) is 0 Å². The van der Waals surface area contributed by atoms with Gasteiger partial charge in [-0.05, 0) is 43.9 Å². The fourth-order valence-electron chi connectivity index (χ4n) is 3.63. The Labute approximate surface area is 141 Å². The minimum atomic E-state index is -2.82. The Kier molecular flexibility index (Phi) is 6.34. The van der Waals surface area contributed by atoms with E-state index in [4.69, 9.17) is 4.99 Å². The minimum absolute atomic E-state index is 0.188. The Morgan fingerprint density at radius 2 is 1.96 bits per heavy atom. The van der Waals surface area contributed by atoms with Gasteiger partial charge in [0.15, 0.2) is 15.8 Å². The Balaban J connectivity index is 2.05. The number of sulfone groups is 1. The lowest BCUT2D eigenvalue weighted by Crippen LogP contribution is -2.50. The Morgan fingerprint density at radius 3 is 2.48 bits per heavy atom. The van der Waals surface area contributed by atoms with Crippen molar-refractivity contribution in [2.24, 2.45) is 22.7 Å². The first kappa shape index (κ1) is 18.6. The largest absolute Gasteiger partial charge is 0.354 e. The van der Waals surface area contributed by atoms with Crippen LogP contribution in [0.3, 0.4) is 0 Å². The van der Waals surface area contributed by atoms with Crippen LogP contribution >= 0.6 is 0 Å². The molecule has 6 heteroatoms. The van der Waals surface area contributed by atoms with E-state index in [1.165, 1.54) is 6.42 Å². The van der Waals surface area contributed by atoms with Gasteiger partial charge in [-0.1, -0.05) is 20.8 Å². The SMILES string of the molecule is CCC(C)NC(=NCC1CCS(=O)(=O)C1)N1CC(C)CC(C)C1. The first-order valence-corrected chi connectivity index (χ1v) is 10.9. The van der Waals surface area contributed by atoms with Crippen molar-refractivity contribution in [3.05, 3.63) is 0 Å². The predicted octanol–water partition coefficient (Wildman–Crippen LogP) is 2.14. The maximum absolute atomic E-state index is 11.6. The smallest absolute Gasteiger partial charge is 0.194 e. The number of nitrogens with one attached hydrogen (secondary N) is 1. The molecule has 4 atom stereocenters. The first-order chi connectivity index (χ1) is 10.8. The predicted molar refractivity (Wildman–Crippen MR) is 96.5 cm³/mol. The molecule has 0 aromatic carbocycles. The molecule has 2 fully saturated rings. The quantitative estimate of drug-likeness (QED) is 0.627. The normalized spacial score (nSPS) is 32.8. The topological polar surface area (TPSA) is 61.8 Å². The second-order valence-corrected chi connectivity index (χ2v) is 9.97. The summed E-state index contributed by atoms with van der Waals surface area (Å²) in [6.45, 7) is 11.6. The summed E-state index contributed by atoms with van der Waals surface area (Å²) < 4.78 is 23.2. The summed E-state index contributed by atoms with van der Waals surface area (Å²) in [4.78, 5) is 7.19. The average molecular weight is 344 g/mol. The lowest BCUT2D eigenvalue weighted by Gasteiger charge is -2.38. The maximum atomic E-state index is 11.6. The molecule has 0 aromatic heterocycles. The monoisotopic (exact) mass is 343 g/mol. The van der Waals surface area contributed by atoms with Crippen molar-refractivity contribution in [3.63, 3.8) is 0 Å². The highest BCUT2D eigenvalue weighted by molar-refractivity contribution is 7.91. The fourth-order valence-corrected chi connectivity index (χ4v) is 5.48. The van der Waals surface area contributed by atoms with Crippen molar-refractivity contribution in [2.45, 2.75) is 53.0 Å². The Hall–Kier alpha value is -0.780. The van der Waals surface area contributed by atoms with Crippen molar-refractivity contribution in [2.75, 3.05) is 31.1 Å². The lowest BCUT2D eigenvalue weighted by molar-refractivity contribution is 0.206. The van der Waals surface area contributed by atoms with Crippen molar-refractivity contribution < 1.29 is 8.42 Å². The average Bonchev–Trinajstić information content (AvgIpc) is 2.81. The third-order valence-electron chi connectivity index (χ3n) is 4.98. The van der Waals surface area contributed by atoms with E-state index in [2.05, 4.69) is 37.9 Å². The van der Waals surface area contributed by atoms with Crippen LogP contribution in [0.1, 0.15) is 47.0 Å². The second kappa shape index (κ2) is 7.86. The van der Waals surface area contributed by atoms with Crippen LogP contribution in [0.2, 0.25) is 0 Å². The van der Waals surface area contributed by atoms with Gasteiger partial charge in [-0.3, -0.25) is 4.99 Å². The molecule has 2 saturated heterocycles. The van der Waals surface area contributed by atoms with E-state index in [9.17, 15) is 8.42 Å². The van der Waals surface area contributed by atoms with Gasteiger partial charge < -0.3 is 10.2 Å². The fraction of sp³-hybridized carbons (Fsp3) is 0.941. The minimum Gasteiger partial charge on any atom is -0.354 e. The van der Waals surface area contributed by atoms with Gasteiger partial charge in [-0.25, -0.2) is 8.42 Å². The van der Waals surface area contributed by atoms with Crippen LogP contribution in [0.15, 0.2) is 4.99 Å². The zero-order chi connectivity index (χ0) is 17.0. The van der Waals surface area contributed by atoms with Crippen LogP contribution in [-0.4, -0.2) is 56.5 Å². The lowest BCUT2D eigenvalue weighted by atomic mass is 9.92. The molecule has 2 aliphatic rings. The molecule has 2 aliphatic heterocycles. The van der Waals surface area contributed by atoms with E-state index in [1.54, 1.807) is 0 Å². The molecule has 0 spiro atoms. The number of hydrogen-bond acceptors (Lipinski definition) is 3. The third-order valence-corrected chi connectivity index (χ3v) is 6.82. The number of guanidine groups is 1. The van der Waals surface area contributed by atoms with Gasteiger partial charge in [-0.15, -0.1) is 0 Å². The molecule has 0 bridgehead atoms. The van der Waals surface area contributed by atoms with E-state index in [0.717, 1.165) is 31.9 Å². The van der Waals surface area contributed by atoms with Gasteiger partial charge >= 0.3 is 0 Å². The number of rotatable bonds is 4. The van der Waals surface area contributed by atoms with E-state index in [-0.39, 0.29) is 5.92 Å². The van der Waals surface area contributed by atoms with E-state index < -0.39 is 9.84 Å². The molecule has 2 heterocycles. The zero-order valence-electron chi connectivity index (χ0n) is 15.1. The molecule has 5 nitrogen and oxygen atoms in total. The number of piperidine rings is 1. The second-order valence-electron chi connectivity index (χ2n) is 7.74. The summed E-state index contributed by atoms with van der Waals surface area (Å²) in [5.74, 6) is 3.15. The summed E-state index contributed by atoms with van der Waals surface area (Å²) in [5, 5.41) is 3.55. The van der Waals surface area contributed by atoms with Crippen LogP contribution in [0.4, 0.5) is 0 Å². The van der Waals surface area contributed by atoms with Crippen molar-refractivity contribution in [1.29, 1.82) is 0 Å². The molecule has 0 aromatic rings. The summed E-state index contributed by atoms with van der Waals surface area (Å²) in [6.07, 6.45) is 3.08. The summed E-state index contributed by atoms with van der Waals surface area (Å²) in [7, 11) is -2.82. The number of hydrogen-bond donors (Lipinski definition) is 1. The standard InChI is InChI=1S/C17H33N3O2S/c1-5-15(4)19-17(20-10-13(2)8-14(3)11-20)18-9-16-6-7-23(21,22)12-16/h13-16H,5-12H2,1-4H3,(H,18,19). The Morgan fingerprint density at radius 1 is 1.30 bits per heavy atom. The summed E-state index contributed by atoms with van der Waals surface area (Å²) >= 11 is 0. The first-order valence-electron chi connectivity index (χ1n) is 9.05. The van der Waals surface area contributed by atoms with Gasteiger partial charge in [-0.2, -0.15) is 0 Å². The number of likely N-dealkylation sites (tertiary alicyclic amines) is 1. The molecular weight excluding hydrogens is 310 g/mol. The van der Waals surface area contributed by atoms with Crippen LogP contribution in [0, 0.1) is 17.8 Å². The molecule has 0 radical (unpaired) electrons. The van der Waals surface area contributed by atoms with Crippen LogP contribution in [-0.2, 0) is 9.84 Å². The molecule has 4 unspecified atom stereocenters. The number of aliphatic imine (C=N–C) groups is 1. The zero-order valence-corrected chi connectivity index (χ0v) is 15.9. The molecule has 23 heavy (non-hydrogen) atoms. The van der Waals surface area contributed by atoms with Gasteiger partial charge in [0, 0.05) is 25.7 Å². The van der Waals surface area contributed by atoms with Crippen LogP contribution < -0.4 is 5.32 Å². The van der Waals surface area contributed by atoms with Gasteiger partial charge in [0.2, 0.25) is 0 Å². The van der Waals surface area contributed by atoms with Gasteiger partial charge in [0.1, 0.15) is 0 Å². The molecule has 0 aliphatic carbocycles. The van der Waals surface area contributed by atoms with Crippen LogP contribution in [0.5, 0.6) is 0 Å². The highest BCUT2D eigenvalue weighted by Gasteiger charge is 2.29.